The third kappa shape index (κ3) is 1.64. The van der Waals surface area contributed by atoms with Gasteiger partial charge < -0.3 is 5.73 Å². The van der Waals surface area contributed by atoms with Gasteiger partial charge in [-0.05, 0) is 45.8 Å². The van der Waals surface area contributed by atoms with Crippen molar-refractivity contribution >= 4 is 27.5 Å². The van der Waals surface area contributed by atoms with Crippen molar-refractivity contribution in [2.75, 3.05) is 0 Å². The van der Waals surface area contributed by atoms with Crippen LogP contribution in [0, 0.1) is 6.07 Å². The minimum atomic E-state index is -0.409. The number of fused-ring (bicyclic) bond motifs is 2. The normalized spacial score (nSPS) is 10.8. The molecule has 1 radical (unpaired) electrons. The lowest BCUT2D eigenvalue weighted by Gasteiger charge is -2.03. The Balaban J connectivity index is 2.36. The number of benzene rings is 3. The molecule has 3 rings (SSSR count). The lowest BCUT2D eigenvalue weighted by atomic mass is 10.0. The molecule has 1 amide bonds. The van der Waals surface area contributed by atoms with Crippen LogP contribution in [0.5, 0.6) is 0 Å². The molecule has 3 aromatic rings. The SMILES string of the molecule is NC(=O)c1ccc2cc3ccccc3[c]c2c1. The van der Waals surface area contributed by atoms with Gasteiger partial charge in [0.15, 0.2) is 0 Å². The summed E-state index contributed by atoms with van der Waals surface area (Å²) in [6.07, 6.45) is 0. The summed E-state index contributed by atoms with van der Waals surface area (Å²) < 4.78 is 0. The molecule has 0 heterocycles. The van der Waals surface area contributed by atoms with Gasteiger partial charge in [-0.15, -0.1) is 0 Å². The van der Waals surface area contributed by atoms with Gasteiger partial charge in [-0.2, -0.15) is 0 Å². The number of nitrogens with two attached hydrogens (primary N) is 1. The van der Waals surface area contributed by atoms with E-state index in [4.69, 9.17) is 5.73 Å². The van der Waals surface area contributed by atoms with E-state index in [9.17, 15) is 4.79 Å². The highest BCUT2D eigenvalue weighted by molar-refractivity contribution is 6.02. The molecule has 0 fully saturated rings. The van der Waals surface area contributed by atoms with E-state index in [0.29, 0.717) is 5.56 Å². The van der Waals surface area contributed by atoms with Crippen molar-refractivity contribution in [2.45, 2.75) is 0 Å². The lowest BCUT2D eigenvalue weighted by molar-refractivity contribution is 0.100. The van der Waals surface area contributed by atoms with Crippen LogP contribution in [0.15, 0.2) is 48.5 Å². The van der Waals surface area contributed by atoms with Crippen molar-refractivity contribution in [1.82, 2.24) is 0 Å². The zero-order valence-electron chi connectivity index (χ0n) is 9.10. The van der Waals surface area contributed by atoms with Gasteiger partial charge >= 0.3 is 0 Å². The van der Waals surface area contributed by atoms with Crippen molar-refractivity contribution < 1.29 is 4.79 Å². The number of hydrogen-bond donors (Lipinski definition) is 1. The van der Waals surface area contributed by atoms with Gasteiger partial charge in [0, 0.05) is 5.56 Å². The lowest BCUT2D eigenvalue weighted by Crippen LogP contribution is -2.10. The highest BCUT2D eigenvalue weighted by Crippen LogP contribution is 2.22. The molecule has 3 aromatic carbocycles. The summed E-state index contributed by atoms with van der Waals surface area (Å²) in [5.74, 6) is -0.409. The second kappa shape index (κ2) is 3.59. The number of primary amides is 1. The molecule has 0 atom stereocenters. The molecule has 0 aliphatic heterocycles. The average molecular weight is 220 g/mol. The largest absolute Gasteiger partial charge is 0.366 e. The summed E-state index contributed by atoms with van der Waals surface area (Å²) in [6, 6.07) is 18.8. The van der Waals surface area contributed by atoms with E-state index in [-0.39, 0.29) is 0 Å². The Kier molecular flexibility index (Phi) is 2.08. The molecule has 0 aliphatic carbocycles. The Labute approximate surface area is 98.7 Å². The van der Waals surface area contributed by atoms with Crippen molar-refractivity contribution in [1.29, 1.82) is 0 Å². The van der Waals surface area contributed by atoms with Crippen LogP contribution in [0.4, 0.5) is 0 Å². The minimum Gasteiger partial charge on any atom is -0.366 e. The van der Waals surface area contributed by atoms with Crippen LogP contribution in [0.3, 0.4) is 0 Å². The molecular formula is C15H10NO. The first-order valence-corrected chi connectivity index (χ1v) is 5.39. The van der Waals surface area contributed by atoms with Crippen molar-refractivity contribution in [2.24, 2.45) is 5.73 Å². The maximum Gasteiger partial charge on any atom is 0.248 e. The van der Waals surface area contributed by atoms with Gasteiger partial charge in [-0.3, -0.25) is 4.79 Å². The van der Waals surface area contributed by atoms with E-state index in [2.05, 4.69) is 12.1 Å². The van der Waals surface area contributed by atoms with E-state index < -0.39 is 5.91 Å². The summed E-state index contributed by atoms with van der Waals surface area (Å²) in [4.78, 5) is 11.1. The van der Waals surface area contributed by atoms with E-state index in [1.165, 1.54) is 0 Å². The van der Waals surface area contributed by atoms with Gasteiger partial charge in [-0.1, -0.05) is 30.3 Å². The first-order chi connectivity index (χ1) is 8.24. The predicted molar refractivity (Wildman–Crippen MR) is 68.8 cm³/mol. The molecule has 2 heteroatoms. The van der Waals surface area contributed by atoms with Crippen LogP contribution in [0.1, 0.15) is 10.4 Å². The van der Waals surface area contributed by atoms with Gasteiger partial charge in [0.2, 0.25) is 5.91 Å². The summed E-state index contributed by atoms with van der Waals surface area (Å²) in [5.41, 5.74) is 5.78. The first kappa shape index (κ1) is 9.85. The van der Waals surface area contributed by atoms with Crippen LogP contribution in [-0.4, -0.2) is 5.91 Å². The van der Waals surface area contributed by atoms with Crippen molar-refractivity contribution in [3.05, 3.63) is 60.2 Å². The molecule has 0 aliphatic rings. The first-order valence-electron chi connectivity index (χ1n) is 5.39. The molecule has 81 valence electrons. The molecular weight excluding hydrogens is 210 g/mol. The van der Waals surface area contributed by atoms with Crippen molar-refractivity contribution in [3.63, 3.8) is 0 Å². The van der Waals surface area contributed by atoms with Crippen LogP contribution in [0.25, 0.3) is 21.5 Å². The Morgan fingerprint density at radius 2 is 1.71 bits per heavy atom. The number of carbonyl (C=O) groups excluding carboxylic acids is 1. The molecule has 0 bridgehead atoms. The Morgan fingerprint density at radius 1 is 0.941 bits per heavy atom. The number of rotatable bonds is 1. The smallest absolute Gasteiger partial charge is 0.248 e. The average Bonchev–Trinajstić information content (AvgIpc) is 2.35. The van der Waals surface area contributed by atoms with Crippen molar-refractivity contribution in [3.8, 4) is 0 Å². The van der Waals surface area contributed by atoms with Crippen LogP contribution in [0.2, 0.25) is 0 Å². The standard InChI is InChI=1S/C15H10NO/c16-15(17)13-6-5-12-7-10-3-1-2-4-11(10)8-14(12)9-13/h1-7,9H,(H2,16,17). The van der Waals surface area contributed by atoms with E-state index >= 15 is 0 Å². The van der Waals surface area contributed by atoms with Crippen LogP contribution in [-0.2, 0) is 0 Å². The molecule has 2 N–H and O–H groups in total. The number of amides is 1. The Bertz CT molecular complexity index is 731. The molecule has 0 unspecified atom stereocenters. The second-order valence-corrected chi connectivity index (χ2v) is 4.02. The van der Waals surface area contributed by atoms with Crippen LogP contribution >= 0.6 is 0 Å². The fraction of sp³-hybridized carbons (Fsp3) is 0. The van der Waals surface area contributed by atoms with E-state index in [1.54, 1.807) is 12.1 Å². The Morgan fingerprint density at radius 3 is 2.53 bits per heavy atom. The maximum absolute atomic E-state index is 11.1. The summed E-state index contributed by atoms with van der Waals surface area (Å²) in [5, 5.41) is 4.17. The highest BCUT2D eigenvalue weighted by Gasteiger charge is 2.03. The number of carbonyl (C=O) groups is 1. The minimum absolute atomic E-state index is 0.409. The molecule has 0 saturated carbocycles. The quantitative estimate of drug-likeness (QED) is 0.629. The molecule has 0 spiro atoms. The molecule has 2 nitrogen and oxygen atoms in total. The third-order valence-corrected chi connectivity index (χ3v) is 2.88. The summed E-state index contributed by atoms with van der Waals surface area (Å²) in [7, 11) is 0. The van der Waals surface area contributed by atoms with Gasteiger partial charge in [0.05, 0.1) is 0 Å². The monoisotopic (exact) mass is 220 g/mol. The Hall–Kier alpha value is -2.35. The molecule has 0 aromatic heterocycles. The van der Waals surface area contributed by atoms with Crippen LogP contribution < -0.4 is 5.73 Å². The predicted octanol–water partition coefficient (Wildman–Crippen LogP) is 2.89. The van der Waals surface area contributed by atoms with Gasteiger partial charge in [0.25, 0.3) is 0 Å². The highest BCUT2D eigenvalue weighted by atomic mass is 16.1. The zero-order chi connectivity index (χ0) is 11.8. The third-order valence-electron chi connectivity index (χ3n) is 2.88. The summed E-state index contributed by atoms with van der Waals surface area (Å²) in [6.45, 7) is 0. The number of hydrogen-bond acceptors (Lipinski definition) is 1. The molecule has 17 heavy (non-hydrogen) atoms. The maximum atomic E-state index is 11.1. The molecule has 0 saturated heterocycles. The van der Waals surface area contributed by atoms with Gasteiger partial charge in [0.1, 0.15) is 0 Å². The van der Waals surface area contributed by atoms with Gasteiger partial charge in [-0.25, -0.2) is 0 Å². The topological polar surface area (TPSA) is 43.1 Å². The van der Waals surface area contributed by atoms with E-state index in [1.807, 2.05) is 30.3 Å². The zero-order valence-corrected chi connectivity index (χ0v) is 9.10. The fourth-order valence-corrected chi connectivity index (χ4v) is 1.99. The summed E-state index contributed by atoms with van der Waals surface area (Å²) >= 11 is 0. The van der Waals surface area contributed by atoms with E-state index in [0.717, 1.165) is 21.5 Å². The second-order valence-electron chi connectivity index (χ2n) is 4.02. The fourth-order valence-electron chi connectivity index (χ4n) is 1.99.